The molecule has 3 heterocycles. The number of thiophene rings is 1. The Morgan fingerprint density at radius 1 is 1.00 bits per heavy atom. The number of anilines is 1. The molecular weight excluding hydrogens is 426 g/mol. The number of amides is 1. The Labute approximate surface area is 166 Å². The molecule has 0 unspecified atom stereocenters. The highest BCUT2D eigenvalue weighted by atomic mass is 35.5. The van der Waals surface area contributed by atoms with Gasteiger partial charge in [0.05, 0.1) is 25.5 Å². The molecule has 0 spiro atoms. The van der Waals surface area contributed by atoms with Crippen molar-refractivity contribution in [2.24, 2.45) is 0 Å². The minimum absolute atomic E-state index is 0.0935. The lowest BCUT2D eigenvalue weighted by molar-refractivity contribution is -0.0882. The third-order valence-electron chi connectivity index (χ3n) is 4.01. The highest BCUT2D eigenvalue weighted by Gasteiger charge is 2.40. The van der Waals surface area contributed by atoms with E-state index in [9.17, 15) is 22.8 Å². The molecule has 144 valence electrons. The summed E-state index contributed by atoms with van der Waals surface area (Å²) in [5.41, 5.74) is 0.634. The van der Waals surface area contributed by atoms with E-state index in [4.69, 9.17) is 23.2 Å². The first-order valence-electron chi connectivity index (χ1n) is 7.73. The van der Waals surface area contributed by atoms with E-state index in [1.807, 2.05) is 4.90 Å². The first-order valence-corrected chi connectivity index (χ1v) is 9.30. The summed E-state index contributed by atoms with van der Waals surface area (Å²) in [6.07, 6.45) is -2.00. The molecule has 0 N–H and O–H groups in total. The predicted octanol–water partition coefficient (Wildman–Crippen LogP) is 4.16. The van der Waals surface area contributed by atoms with Crippen molar-refractivity contribution in [3.63, 3.8) is 0 Å². The van der Waals surface area contributed by atoms with Gasteiger partial charge in [0.15, 0.2) is 0 Å². The molecule has 0 atom stereocenters. The Morgan fingerprint density at radius 2 is 1.56 bits per heavy atom. The number of pyridine rings is 1. The SMILES string of the molecule is O=C(c1ccc(C(=O)C(F)(F)F)s1)N1CCN(c2c(Cl)cncc2Cl)CC1. The molecule has 27 heavy (non-hydrogen) atoms. The Bertz CT molecular complexity index is 860. The molecule has 0 saturated carbocycles. The molecule has 2 aromatic rings. The summed E-state index contributed by atoms with van der Waals surface area (Å²) in [5.74, 6) is -2.36. The van der Waals surface area contributed by atoms with Crippen LogP contribution in [0.2, 0.25) is 10.0 Å². The number of carbonyl (C=O) groups is 2. The number of nitrogens with zero attached hydrogens (tertiary/aromatic N) is 3. The summed E-state index contributed by atoms with van der Waals surface area (Å²) in [6.45, 7) is 1.59. The zero-order chi connectivity index (χ0) is 19.8. The van der Waals surface area contributed by atoms with Crippen LogP contribution in [0.1, 0.15) is 19.3 Å². The minimum Gasteiger partial charge on any atom is -0.365 e. The molecule has 0 bridgehead atoms. The van der Waals surface area contributed by atoms with E-state index in [0.29, 0.717) is 53.2 Å². The van der Waals surface area contributed by atoms with Gasteiger partial charge < -0.3 is 9.80 Å². The second-order valence-electron chi connectivity index (χ2n) is 5.72. The molecule has 1 saturated heterocycles. The summed E-state index contributed by atoms with van der Waals surface area (Å²) in [7, 11) is 0. The molecule has 0 aromatic carbocycles. The van der Waals surface area contributed by atoms with Crippen LogP contribution < -0.4 is 4.90 Å². The first kappa shape index (κ1) is 19.9. The van der Waals surface area contributed by atoms with E-state index in [0.717, 1.165) is 6.07 Å². The molecule has 1 fully saturated rings. The van der Waals surface area contributed by atoms with E-state index in [1.165, 1.54) is 23.4 Å². The number of carbonyl (C=O) groups excluding carboxylic acids is 2. The maximum atomic E-state index is 12.5. The fourth-order valence-corrected chi connectivity index (χ4v) is 4.25. The van der Waals surface area contributed by atoms with Crippen molar-refractivity contribution < 1.29 is 22.8 Å². The number of aromatic nitrogens is 1. The largest absolute Gasteiger partial charge is 0.455 e. The highest BCUT2D eigenvalue weighted by Crippen LogP contribution is 2.33. The number of alkyl halides is 3. The van der Waals surface area contributed by atoms with Gasteiger partial charge in [-0.15, -0.1) is 11.3 Å². The van der Waals surface area contributed by atoms with Crippen molar-refractivity contribution in [2.75, 3.05) is 31.1 Å². The van der Waals surface area contributed by atoms with Crippen LogP contribution in [-0.2, 0) is 0 Å². The van der Waals surface area contributed by atoms with E-state index in [2.05, 4.69) is 4.98 Å². The molecule has 0 radical (unpaired) electrons. The second kappa shape index (κ2) is 7.65. The number of hydrogen-bond acceptors (Lipinski definition) is 5. The van der Waals surface area contributed by atoms with Gasteiger partial charge in [0.25, 0.3) is 11.7 Å². The molecular formula is C16H12Cl2F3N3O2S. The van der Waals surface area contributed by atoms with Crippen LogP contribution in [0.4, 0.5) is 18.9 Å². The number of halogens is 5. The quantitative estimate of drug-likeness (QED) is 0.676. The van der Waals surface area contributed by atoms with Gasteiger partial charge in [-0.25, -0.2) is 0 Å². The number of Topliss-reactive ketones (excluding diaryl/α,β-unsaturated/α-hetero) is 1. The standard InChI is InChI=1S/C16H12Cl2F3N3O2S/c17-9-7-22-8-10(18)13(9)23-3-5-24(6-4-23)15(26)12-2-1-11(27-12)14(25)16(19,20)21/h1-2,7-8H,3-6H2. The third-order valence-corrected chi connectivity index (χ3v) is 5.63. The lowest BCUT2D eigenvalue weighted by Gasteiger charge is -2.36. The predicted molar refractivity (Wildman–Crippen MR) is 97.1 cm³/mol. The van der Waals surface area contributed by atoms with Crippen LogP contribution in [0.25, 0.3) is 0 Å². The maximum absolute atomic E-state index is 12.5. The number of rotatable bonds is 3. The van der Waals surface area contributed by atoms with Gasteiger partial charge in [-0.3, -0.25) is 14.6 Å². The second-order valence-corrected chi connectivity index (χ2v) is 7.62. The zero-order valence-corrected chi connectivity index (χ0v) is 15.9. The van der Waals surface area contributed by atoms with Crippen LogP contribution in [0.15, 0.2) is 24.5 Å². The highest BCUT2D eigenvalue weighted by molar-refractivity contribution is 7.16. The summed E-state index contributed by atoms with van der Waals surface area (Å²) in [4.78, 5) is 30.7. The lowest BCUT2D eigenvalue weighted by Crippen LogP contribution is -2.48. The fraction of sp³-hybridized carbons (Fsp3) is 0.312. The van der Waals surface area contributed by atoms with Crippen LogP contribution >= 0.6 is 34.5 Å². The Balaban J connectivity index is 1.67. The normalized spacial score (nSPS) is 15.1. The first-order chi connectivity index (χ1) is 12.7. The maximum Gasteiger partial charge on any atom is 0.455 e. The van der Waals surface area contributed by atoms with Crippen LogP contribution in [0.5, 0.6) is 0 Å². The molecule has 3 rings (SSSR count). The van der Waals surface area contributed by atoms with E-state index < -0.39 is 22.7 Å². The van der Waals surface area contributed by atoms with Crippen molar-refractivity contribution in [2.45, 2.75) is 6.18 Å². The third kappa shape index (κ3) is 4.20. The Hall–Kier alpha value is -1.84. The van der Waals surface area contributed by atoms with Crippen molar-refractivity contribution in [3.05, 3.63) is 44.3 Å². The average molecular weight is 438 g/mol. The number of ketones is 1. The lowest BCUT2D eigenvalue weighted by atomic mass is 10.2. The van der Waals surface area contributed by atoms with Gasteiger partial charge in [-0.2, -0.15) is 13.2 Å². The minimum atomic E-state index is -4.96. The van der Waals surface area contributed by atoms with Crippen LogP contribution in [-0.4, -0.2) is 53.9 Å². The van der Waals surface area contributed by atoms with Crippen molar-refractivity contribution in [3.8, 4) is 0 Å². The van der Waals surface area contributed by atoms with Crippen LogP contribution in [0.3, 0.4) is 0 Å². The van der Waals surface area contributed by atoms with E-state index in [-0.39, 0.29) is 4.88 Å². The molecule has 0 aliphatic carbocycles. The van der Waals surface area contributed by atoms with Crippen molar-refractivity contribution >= 4 is 51.9 Å². The number of hydrogen-bond donors (Lipinski definition) is 0. The van der Waals surface area contributed by atoms with Gasteiger partial charge >= 0.3 is 6.18 Å². The molecule has 1 aliphatic heterocycles. The topological polar surface area (TPSA) is 53.5 Å². The van der Waals surface area contributed by atoms with Crippen LogP contribution in [0, 0.1) is 0 Å². The van der Waals surface area contributed by atoms with Crippen molar-refractivity contribution in [1.29, 1.82) is 0 Å². The summed E-state index contributed by atoms with van der Waals surface area (Å²) >= 11 is 12.8. The monoisotopic (exact) mass is 437 g/mol. The summed E-state index contributed by atoms with van der Waals surface area (Å²) in [5, 5.41) is 0.798. The van der Waals surface area contributed by atoms with Gasteiger partial charge in [0, 0.05) is 38.6 Å². The van der Waals surface area contributed by atoms with Gasteiger partial charge in [-0.05, 0) is 12.1 Å². The average Bonchev–Trinajstić information content (AvgIpc) is 3.10. The molecule has 1 amide bonds. The molecule has 11 heteroatoms. The molecule has 1 aliphatic rings. The molecule has 5 nitrogen and oxygen atoms in total. The fourth-order valence-electron chi connectivity index (χ4n) is 2.71. The number of piperazine rings is 1. The van der Waals surface area contributed by atoms with E-state index in [1.54, 1.807) is 0 Å². The van der Waals surface area contributed by atoms with Crippen molar-refractivity contribution in [1.82, 2.24) is 9.88 Å². The van der Waals surface area contributed by atoms with Gasteiger partial charge in [0.1, 0.15) is 0 Å². The zero-order valence-electron chi connectivity index (χ0n) is 13.6. The van der Waals surface area contributed by atoms with Gasteiger partial charge in [0.2, 0.25) is 0 Å². The van der Waals surface area contributed by atoms with E-state index >= 15 is 0 Å². The smallest absolute Gasteiger partial charge is 0.365 e. The Morgan fingerprint density at radius 3 is 2.11 bits per heavy atom. The summed E-state index contributed by atoms with van der Waals surface area (Å²) in [6, 6.07) is 2.27. The summed E-state index contributed by atoms with van der Waals surface area (Å²) < 4.78 is 37.5. The molecule has 2 aromatic heterocycles. The Kier molecular flexibility index (Phi) is 5.64. The van der Waals surface area contributed by atoms with Gasteiger partial charge in [-0.1, -0.05) is 23.2 Å².